The molecule has 0 unspecified atom stereocenters. The summed E-state index contributed by atoms with van der Waals surface area (Å²) in [4.78, 5) is 29.0. The second-order valence-electron chi connectivity index (χ2n) is 9.45. The van der Waals surface area contributed by atoms with Crippen molar-refractivity contribution in [3.05, 3.63) is 71.4 Å². The molecule has 0 saturated carbocycles. The van der Waals surface area contributed by atoms with E-state index in [1.807, 2.05) is 41.8 Å². The van der Waals surface area contributed by atoms with Crippen molar-refractivity contribution in [1.29, 1.82) is 0 Å². The van der Waals surface area contributed by atoms with E-state index >= 15 is 0 Å². The SMILES string of the molecule is CCc1ccc(CN2C(=O)c3cc4ccccc4n3C[C@@]2(C)C(=O)NCCC(C)C)cc1. The molecule has 0 spiro atoms. The van der Waals surface area contributed by atoms with Gasteiger partial charge in [-0.3, -0.25) is 9.59 Å². The van der Waals surface area contributed by atoms with Crippen molar-refractivity contribution >= 4 is 22.7 Å². The summed E-state index contributed by atoms with van der Waals surface area (Å²) in [6.07, 6.45) is 1.88. The maximum atomic E-state index is 13.7. The zero-order valence-corrected chi connectivity index (χ0v) is 19.5. The Morgan fingerprint density at radius 1 is 1.09 bits per heavy atom. The fourth-order valence-corrected chi connectivity index (χ4v) is 4.48. The second kappa shape index (κ2) is 8.81. The van der Waals surface area contributed by atoms with Gasteiger partial charge in [0, 0.05) is 24.0 Å². The number of fused-ring (bicyclic) bond motifs is 3. The van der Waals surface area contributed by atoms with Crippen LogP contribution in [0.5, 0.6) is 0 Å². The van der Waals surface area contributed by atoms with Crippen molar-refractivity contribution in [3.8, 4) is 0 Å². The van der Waals surface area contributed by atoms with E-state index in [1.54, 1.807) is 4.90 Å². The molecule has 2 aromatic carbocycles. The van der Waals surface area contributed by atoms with Gasteiger partial charge in [-0.2, -0.15) is 0 Å². The van der Waals surface area contributed by atoms with E-state index in [2.05, 4.69) is 50.4 Å². The maximum Gasteiger partial charge on any atom is 0.271 e. The molecule has 0 saturated heterocycles. The number of amides is 2. The van der Waals surface area contributed by atoms with Crippen molar-refractivity contribution in [2.24, 2.45) is 5.92 Å². The second-order valence-corrected chi connectivity index (χ2v) is 9.45. The fourth-order valence-electron chi connectivity index (χ4n) is 4.48. The van der Waals surface area contributed by atoms with E-state index in [0.29, 0.717) is 31.2 Å². The van der Waals surface area contributed by atoms with Gasteiger partial charge in [-0.15, -0.1) is 0 Å². The first-order valence-electron chi connectivity index (χ1n) is 11.6. The molecular formula is C27H33N3O2. The Labute approximate surface area is 190 Å². The van der Waals surface area contributed by atoms with Crippen LogP contribution in [0, 0.1) is 5.92 Å². The van der Waals surface area contributed by atoms with Crippen molar-refractivity contribution in [2.75, 3.05) is 6.54 Å². The molecule has 1 atom stereocenters. The fraction of sp³-hybridized carbons (Fsp3) is 0.407. The van der Waals surface area contributed by atoms with Gasteiger partial charge in [-0.25, -0.2) is 0 Å². The van der Waals surface area contributed by atoms with Gasteiger partial charge in [-0.05, 0) is 48.9 Å². The summed E-state index contributed by atoms with van der Waals surface area (Å²) in [5, 5.41) is 4.12. The Morgan fingerprint density at radius 3 is 2.47 bits per heavy atom. The van der Waals surface area contributed by atoms with Crippen LogP contribution in [0.3, 0.4) is 0 Å². The summed E-state index contributed by atoms with van der Waals surface area (Å²) in [6, 6.07) is 18.2. The van der Waals surface area contributed by atoms with Crippen LogP contribution in [0.1, 0.15) is 55.7 Å². The molecule has 0 radical (unpaired) electrons. The number of benzene rings is 2. The van der Waals surface area contributed by atoms with E-state index in [4.69, 9.17) is 0 Å². The third kappa shape index (κ3) is 4.04. The molecule has 2 amide bonds. The molecular weight excluding hydrogens is 398 g/mol. The summed E-state index contributed by atoms with van der Waals surface area (Å²) in [5.41, 5.74) is 2.94. The highest BCUT2D eigenvalue weighted by Gasteiger charge is 2.47. The van der Waals surface area contributed by atoms with E-state index in [9.17, 15) is 9.59 Å². The highest BCUT2D eigenvalue weighted by molar-refractivity contribution is 6.03. The minimum absolute atomic E-state index is 0.0971. The molecule has 168 valence electrons. The lowest BCUT2D eigenvalue weighted by atomic mass is 9.93. The largest absolute Gasteiger partial charge is 0.354 e. The molecule has 0 bridgehead atoms. The van der Waals surface area contributed by atoms with Crippen LogP contribution in [0.4, 0.5) is 0 Å². The van der Waals surface area contributed by atoms with Crippen LogP contribution in [0.2, 0.25) is 0 Å². The average molecular weight is 432 g/mol. The number of carbonyl (C=O) groups is 2. The predicted octanol–water partition coefficient (Wildman–Crippen LogP) is 4.78. The summed E-state index contributed by atoms with van der Waals surface area (Å²) in [6.45, 7) is 9.75. The highest BCUT2D eigenvalue weighted by atomic mass is 16.2. The molecule has 3 aromatic rings. The number of nitrogens with one attached hydrogen (secondary N) is 1. The summed E-state index contributed by atoms with van der Waals surface area (Å²) in [7, 11) is 0. The third-order valence-corrected chi connectivity index (χ3v) is 6.60. The van der Waals surface area contributed by atoms with Crippen LogP contribution in [-0.4, -0.2) is 33.4 Å². The van der Waals surface area contributed by atoms with Crippen molar-refractivity contribution in [1.82, 2.24) is 14.8 Å². The predicted molar refractivity (Wildman–Crippen MR) is 129 cm³/mol. The van der Waals surface area contributed by atoms with Crippen LogP contribution < -0.4 is 5.32 Å². The van der Waals surface area contributed by atoms with Crippen molar-refractivity contribution in [2.45, 2.75) is 59.2 Å². The van der Waals surface area contributed by atoms with Gasteiger partial charge in [0.1, 0.15) is 11.2 Å². The van der Waals surface area contributed by atoms with E-state index in [0.717, 1.165) is 29.3 Å². The Morgan fingerprint density at radius 2 is 1.78 bits per heavy atom. The minimum Gasteiger partial charge on any atom is -0.354 e. The molecule has 1 aliphatic rings. The lowest BCUT2D eigenvalue weighted by Gasteiger charge is -2.44. The number of nitrogens with zero attached hydrogens (tertiary/aromatic N) is 2. The molecule has 5 heteroatoms. The maximum absolute atomic E-state index is 13.7. The smallest absolute Gasteiger partial charge is 0.271 e. The normalized spacial score (nSPS) is 18.3. The number of rotatable bonds is 7. The Balaban J connectivity index is 1.72. The van der Waals surface area contributed by atoms with Crippen LogP contribution in [0.15, 0.2) is 54.6 Å². The first-order chi connectivity index (χ1) is 15.3. The zero-order chi connectivity index (χ0) is 22.9. The molecule has 1 N–H and O–H groups in total. The van der Waals surface area contributed by atoms with Gasteiger partial charge in [0.15, 0.2) is 0 Å². The Kier molecular flexibility index (Phi) is 6.09. The lowest BCUT2D eigenvalue weighted by molar-refractivity contribution is -0.133. The lowest BCUT2D eigenvalue weighted by Crippen LogP contribution is -2.63. The van der Waals surface area contributed by atoms with Gasteiger partial charge < -0.3 is 14.8 Å². The molecule has 32 heavy (non-hydrogen) atoms. The zero-order valence-electron chi connectivity index (χ0n) is 19.5. The third-order valence-electron chi connectivity index (χ3n) is 6.60. The Hall–Kier alpha value is -3.08. The summed E-state index contributed by atoms with van der Waals surface area (Å²) in [5.74, 6) is 0.304. The minimum atomic E-state index is -0.980. The topological polar surface area (TPSA) is 54.3 Å². The molecule has 1 aromatic heterocycles. The standard InChI is InChI=1S/C27H33N3O2/c1-5-20-10-12-21(13-11-20)17-30-25(31)24-16-22-8-6-7-9-23(22)29(24)18-27(30,4)26(32)28-15-14-19(2)3/h6-13,16,19H,5,14-15,17-18H2,1-4H3,(H,28,32)/t27-/m0/s1. The molecule has 0 fully saturated rings. The van der Waals surface area contributed by atoms with E-state index < -0.39 is 5.54 Å². The number of para-hydroxylation sites is 1. The summed E-state index contributed by atoms with van der Waals surface area (Å²) >= 11 is 0. The number of aryl methyl sites for hydroxylation is 1. The quantitative estimate of drug-likeness (QED) is 0.585. The Bertz CT molecular complexity index is 1130. The monoisotopic (exact) mass is 431 g/mol. The van der Waals surface area contributed by atoms with Gasteiger partial charge in [0.2, 0.25) is 5.91 Å². The van der Waals surface area contributed by atoms with Gasteiger partial charge in [0.25, 0.3) is 5.91 Å². The average Bonchev–Trinajstić information content (AvgIpc) is 3.15. The first kappa shape index (κ1) is 22.1. The summed E-state index contributed by atoms with van der Waals surface area (Å²) < 4.78 is 2.01. The highest BCUT2D eigenvalue weighted by Crippen LogP contribution is 2.33. The molecule has 2 heterocycles. The van der Waals surface area contributed by atoms with E-state index in [1.165, 1.54) is 5.56 Å². The van der Waals surface area contributed by atoms with Crippen molar-refractivity contribution in [3.63, 3.8) is 0 Å². The molecule has 4 rings (SSSR count). The number of hydrogen-bond donors (Lipinski definition) is 1. The van der Waals surface area contributed by atoms with Gasteiger partial charge >= 0.3 is 0 Å². The molecule has 0 aliphatic carbocycles. The first-order valence-corrected chi connectivity index (χ1v) is 11.6. The van der Waals surface area contributed by atoms with Crippen molar-refractivity contribution < 1.29 is 9.59 Å². The van der Waals surface area contributed by atoms with Gasteiger partial charge in [-0.1, -0.05) is 63.2 Å². The van der Waals surface area contributed by atoms with Crippen LogP contribution in [0.25, 0.3) is 10.9 Å². The molecule has 5 nitrogen and oxygen atoms in total. The molecule has 1 aliphatic heterocycles. The van der Waals surface area contributed by atoms with Crippen LogP contribution >= 0.6 is 0 Å². The number of hydrogen-bond acceptors (Lipinski definition) is 2. The number of carbonyl (C=O) groups excluding carboxylic acids is 2. The van der Waals surface area contributed by atoms with Gasteiger partial charge in [0.05, 0.1) is 6.54 Å². The number of aromatic nitrogens is 1. The van der Waals surface area contributed by atoms with E-state index in [-0.39, 0.29) is 11.8 Å². The van der Waals surface area contributed by atoms with Crippen LogP contribution in [-0.2, 0) is 24.3 Å².